The van der Waals surface area contributed by atoms with Crippen molar-refractivity contribution >= 4 is 0 Å². The molecule has 0 aromatic rings. The highest BCUT2D eigenvalue weighted by Crippen LogP contribution is 2.65. The van der Waals surface area contributed by atoms with E-state index in [0.29, 0.717) is 5.92 Å². The van der Waals surface area contributed by atoms with E-state index in [-0.39, 0.29) is 22.7 Å². The van der Waals surface area contributed by atoms with Crippen LogP contribution in [0, 0.1) is 17.3 Å². The van der Waals surface area contributed by atoms with Gasteiger partial charge in [-0.2, -0.15) is 0 Å². The third kappa shape index (κ3) is 1.34. The van der Waals surface area contributed by atoms with Gasteiger partial charge < -0.3 is 9.84 Å². The largest absolute Gasteiger partial charge is 0.393 e. The second-order valence-electron chi connectivity index (χ2n) is 7.49. The zero-order valence-corrected chi connectivity index (χ0v) is 11.6. The standard InChI is InChI=1S/C15H26O2/c1-10-6-5-7-15-9-12(16)11(8-14(10,15)4)13(2,3)17-15/h10-12,16H,5-9H2,1-4H3/t10-,11+,12+,14+,15+/m1/s1. The van der Waals surface area contributed by atoms with Gasteiger partial charge in [-0.3, -0.25) is 0 Å². The Bertz CT molecular complexity index is 338. The Hall–Kier alpha value is -0.0800. The molecule has 2 saturated heterocycles. The number of hydrogen-bond donors (Lipinski definition) is 1. The monoisotopic (exact) mass is 238 g/mol. The molecule has 2 aliphatic carbocycles. The van der Waals surface area contributed by atoms with Gasteiger partial charge in [0.15, 0.2) is 0 Å². The summed E-state index contributed by atoms with van der Waals surface area (Å²) >= 11 is 0. The number of hydrogen-bond acceptors (Lipinski definition) is 2. The summed E-state index contributed by atoms with van der Waals surface area (Å²) in [5, 5.41) is 10.4. The minimum absolute atomic E-state index is 0.0532. The van der Waals surface area contributed by atoms with E-state index in [1.165, 1.54) is 12.8 Å². The second-order valence-corrected chi connectivity index (χ2v) is 7.49. The Balaban J connectivity index is 2.05. The molecule has 0 unspecified atom stereocenters. The van der Waals surface area contributed by atoms with E-state index in [0.717, 1.165) is 25.2 Å². The van der Waals surface area contributed by atoms with Crippen molar-refractivity contribution < 1.29 is 9.84 Å². The lowest BCUT2D eigenvalue weighted by atomic mass is 9.47. The van der Waals surface area contributed by atoms with E-state index in [4.69, 9.17) is 4.74 Å². The highest BCUT2D eigenvalue weighted by molar-refractivity contribution is 5.16. The van der Waals surface area contributed by atoms with Crippen LogP contribution in [0.5, 0.6) is 0 Å². The zero-order chi connectivity index (χ0) is 12.5. The Morgan fingerprint density at radius 3 is 2.53 bits per heavy atom. The fraction of sp³-hybridized carbons (Fsp3) is 1.00. The van der Waals surface area contributed by atoms with Gasteiger partial charge in [0.2, 0.25) is 0 Å². The molecule has 0 aromatic heterocycles. The topological polar surface area (TPSA) is 29.5 Å². The summed E-state index contributed by atoms with van der Waals surface area (Å²) in [6, 6.07) is 0. The smallest absolute Gasteiger partial charge is 0.0770 e. The summed E-state index contributed by atoms with van der Waals surface area (Å²) in [6.45, 7) is 9.12. The van der Waals surface area contributed by atoms with E-state index in [1.54, 1.807) is 0 Å². The predicted molar refractivity (Wildman–Crippen MR) is 67.7 cm³/mol. The number of rotatable bonds is 0. The molecule has 2 heterocycles. The highest BCUT2D eigenvalue weighted by Gasteiger charge is 2.66. The molecule has 0 radical (unpaired) electrons. The van der Waals surface area contributed by atoms with Gasteiger partial charge in [0.1, 0.15) is 0 Å². The van der Waals surface area contributed by atoms with Crippen LogP contribution in [-0.2, 0) is 4.74 Å². The molecule has 1 spiro atoms. The van der Waals surface area contributed by atoms with Crippen LogP contribution in [0.25, 0.3) is 0 Å². The summed E-state index contributed by atoms with van der Waals surface area (Å²) in [5.74, 6) is 1.04. The van der Waals surface area contributed by atoms with Crippen LogP contribution in [0.15, 0.2) is 0 Å². The van der Waals surface area contributed by atoms with Gasteiger partial charge in [-0.05, 0) is 44.4 Å². The maximum Gasteiger partial charge on any atom is 0.0770 e. The summed E-state index contributed by atoms with van der Waals surface area (Å²) in [7, 11) is 0. The Morgan fingerprint density at radius 2 is 1.88 bits per heavy atom. The van der Waals surface area contributed by atoms with E-state index in [1.807, 2.05) is 0 Å². The van der Waals surface area contributed by atoms with Crippen molar-refractivity contribution in [1.29, 1.82) is 0 Å². The van der Waals surface area contributed by atoms with Crippen molar-refractivity contribution in [2.45, 2.75) is 77.1 Å². The molecule has 0 amide bonds. The third-order valence-corrected chi connectivity index (χ3v) is 6.34. The van der Waals surface area contributed by atoms with E-state index >= 15 is 0 Å². The Morgan fingerprint density at radius 1 is 1.18 bits per heavy atom. The molecule has 4 fully saturated rings. The average Bonchev–Trinajstić information content (AvgIpc) is 2.19. The normalized spacial score (nSPS) is 56.6. The van der Waals surface area contributed by atoms with E-state index in [9.17, 15) is 5.11 Å². The quantitative estimate of drug-likeness (QED) is 0.702. The lowest BCUT2D eigenvalue weighted by molar-refractivity contribution is -0.341. The first-order chi connectivity index (χ1) is 7.81. The van der Waals surface area contributed by atoms with Crippen LogP contribution in [0.2, 0.25) is 0 Å². The van der Waals surface area contributed by atoms with Gasteiger partial charge >= 0.3 is 0 Å². The summed E-state index contributed by atoms with van der Waals surface area (Å²) in [4.78, 5) is 0. The number of ether oxygens (including phenoxy) is 1. The van der Waals surface area contributed by atoms with Crippen LogP contribution in [0.4, 0.5) is 0 Å². The number of aliphatic hydroxyl groups is 1. The van der Waals surface area contributed by atoms with Crippen molar-refractivity contribution in [1.82, 2.24) is 0 Å². The zero-order valence-electron chi connectivity index (χ0n) is 11.6. The lowest BCUT2D eigenvalue weighted by Gasteiger charge is -2.68. The fourth-order valence-electron chi connectivity index (χ4n) is 5.04. The molecule has 0 aromatic carbocycles. The van der Waals surface area contributed by atoms with Crippen molar-refractivity contribution in [2.24, 2.45) is 17.3 Å². The van der Waals surface area contributed by atoms with Gasteiger partial charge in [-0.1, -0.05) is 20.3 Å². The minimum atomic E-state index is -0.155. The first-order valence-corrected chi connectivity index (χ1v) is 7.19. The lowest BCUT2D eigenvalue weighted by Crippen LogP contribution is -2.71. The number of fused-ring (bicyclic) bond motifs is 2. The van der Waals surface area contributed by atoms with Crippen molar-refractivity contribution in [3.05, 3.63) is 0 Å². The average molecular weight is 238 g/mol. The molecule has 5 atom stereocenters. The molecular formula is C15H26O2. The van der Waals surface area contributed by atoms with Crippen LogP contribution >= 0.6 is 0 Å². The van der Waals surface area contributed by atoms with Gasteiger partial charge in [-0.25, -0.2) is 0 Å². The molecule has 17 heavy (non-hydrogen) atoms. The molecule has 2 bridgehead atoms. The van der Waals surface area contributed by atoms with Crippen molar-refractivity contribution in [2.75, 3.05) is 0 Å². The van der Waals surface area contributed by atoms with Crippen molar-refractivity contribution in [3.8, 4) is 0 Å². The van der Waals surface area contributed by atoms with Crippen LogP contribution in [-0.4, -0.2) is 22.4 Å². The molecule has 2 nitrogen and oxygen atoms in total. The van der Waals surface area contributed by atoms with E-state index < -0.39 is 0 Å². The fourth-order valence-corrected chi connectivity index (χ4v) is 5.04. The van der Waals surface area contributed by atoms with Crippen LogP contribution in [0.1, 0.15) is 59.8 Å². The molecule has 1 N–H and O–H groups in total. The predicted octanol–water partition coefficient (Wildman–Crippen LogP) is 3.13. The molecule has 4 aliphatic rings. The summed E-state index contributed by atoms with van der Waals surface area (Å²) in [6.07, 6.45) is 5.57. The van der Waals surface area contributed by atoms with Gasteiger partial charge in [0.05, 0.1) is 17.3 Å². The highest BCUT2D eigenvalue weighted by atomic mass is 16.5. The first kappa shape index (κ1) is 12.0. The Kier molecular flexibility index (Phi) is 2.30. The molecule has 4 rings (SSSR count). The van der Waals surface area contributed by atoms with E-state index in [2.05, 4.69) is 27.7 Å². The van der Waals surface area contributed by atoms with Gasteiger partial charge in [0, 0.05) is 12.3 Å². The summed E-state index contributed by atoms with van der Waals surface area (Å²) in [5.41, 5.74) is 0.0846. The van der Waals surface area contributed by atoms with Crippen LogP contribution < -0.4 is 0 Å². The molecular weight excluding hydrogens is 212 g/mol. The Labute approximate surface area is 105 Å². The van der Waals surface area contributed by atoms with Crippen LogP contribution in [0.3, 0.4) is 0 Å². The summed E-state index contributed by atoms with van der Waals surface area (Å²) < 4.78 is 6.55. The van der Waals surface area contributed by atoms with Crippen molar-refractivity contribution in [3.63, 3.8) is 0 Å². The maximum atomic E-state index is 10.4. The first-order valence-electron chi connectivity index (χ1n) is 7.19. The maximum absolute atomic E-state index is 10.4. The molecule has 2 heteroatoms. The number of aliphatic hydroxyl groups excluding tert-OH is 1. The molecule has 2 aliphatic heterocycles. The SMILES string of the molecule is C[C@@H]1CCC[C@]23C[C@H](O)[C@H](C[C@@]12C)C(C)(C)O3. The molecule has 98 valence electrons. The minimum Gasteiger partial charge on any atom is -0.393 e. The third-order valence-electron chi connectivity index (χ3n) is 6.34. The van der Waals surface area contributed by atoms with Gasteiger partial charge in [-0.15, -0.1) is 0 Å². The van der Waals surface area contributed by atoms with Gasteiger partial charge in [0.25, 0.3) is 0 Å². The second kappa shape index (κ2) is 3.27. The molecule has 2 saturated carbocycles.